The zero-order valence-corrected chi connectivity index (χ0v) is 12.9. The molecule has 0 aromatic rings. The summed E-state index contributed by atoms with van der Waals surface area (Å²) in [5.74, 6) is 0.840. The summed E-state index contributed by atoms with van der Waals surface area (Å²) >= 11 is 0. The van der Waals surface area contributed by atoms with E-state index >= 15 is 0 Å². The van der Waals surface area contributed by atoms with E-state index in [1.807, 2.05) is 0 Å². The molecule has 1 saturated heterocycles. The largest absolute Gasteiger partial charge is 0.315 e. The fraction of sp³-hybridized carbons (Fsp3) is 1.00. The summed E-state index contributed by atoms with van der Waals surface area (Å²) < 4.78 is 0. The minimum atomic E-state index is 0.788. The van der Waals surface area contributed by atoms with Crippen LogP contribution in [0, 0.1) is 5.92 Å². The van der Waals surface area contributed by atoms with Crippen LogP contribution in [0.25, 0.3) is 0 Å². The van der Waals surface area contributed by atoms with Crippen LogP contribution in [0.3, 0.4) is 0 Å². The molecule has 1 fully saturated rings. The first-order valence-corrected chi connectivity index (χ1v) is 7.69. The molecule has 1 aliphatic rings. The highest BCUT2D eigenvalue weighted by Gasteiger charge is 2.21. The van der Waals surface area contributed by atoms with Gasteiger partial charge in [-0.05, 0) is 58.8 Å². The Morgan fingerprint density at radius 3 is 2.72 bits per heavy atom. The van der Waals surface area contributed by atoms with Crippen LogP contribution in [-0.4, -0.2) is 62.7 Å². The molecule has 108 valence electrons. The number of hydrogen-bond acceptors (Lipinski definition) is 3. The Bertz CT molecular complexity index is 206. The number of likely N-dealkylation sites (N-methyl/N-ethyl adjacent to an activating group) is 2. The Labute approximate surface area is 114 Å². The molecule has 0 amide bonds. The van der Waals surface area contributed by atoms with Crippen LogP contribution in [-0.2, 0) is 0 Å². The molecule has 1 unspecified atom stereocenters. The predicted molar refractivity (Wildman–Crippen MR) is 80.1 cm³/mol. The molecule has 18 heavy (non-hydrogen) atoms. The van der Waals surface area contributed by atoms with Gasteiger partial charge in [-0.15, -0.1) is 0 Å². The van der Waals surface area contributed by atoms with Gasteiger partial charge in [-0.2, -0.15) is 0 Å². The lowest BCUT2D eigenvalue weighted by molar-refractivity contribution is 0.220. The lowest BCUT2D eigenvalue weighted by atomic mass is 10.1. The van der Waals surface area contributed by atoms with Crippen molar-refractivity contribution in [2.45, 2.75) is 45.6 Å². The molecule has 0 bridgehead atoms. The van der Waals surface area contributed by atoms with Crippen molar-refractivity contribution in [3.63, 3.8) is 0 Å². The van der Waals surface area contributed by atoms with Crippen molar-refractivity contribution < 1.29 is 0 Å². The molecule has 1 N–H and O–H groups in total. The van der Waals surface area contributed by atoms with Crippen molar-refractivity contribution in [1.82, 2.24) is 15.1 Å². The predicted octanol–water partition coefficient (Wildman–Crippen LogP) is 2.04. The number of rotatable bonds is 9. The minimum Gasteiger partial charge on any atom is -0.315 e. The van der Waals surface area contributed by atoms with Crippen molar-refractivity contribution in [2.75, 3.05) is 46.8 Å². The molecule has 1 atom stereocenters. The zero-order valence-electron chi connectivity index (χ0n) is 12.9. The van der Waals surface area contributed by atoms with E-state index in [4.69, 9.17) is 0 Å². The molecule has 0 saturated carbocycles. The SMILES string of the molecule is CC(C)CCCNCCN(C)CC1CCCN1C. The van der Waals surface area contributed by atoms with Gasteiger partial charge in [0.05, 0.1) is 0 Å². The summed E-state index contributed by atoms with van der Waals surface area (Å²) in [5.41, 5.74) is 0. The van der Waals surface area contributed by atoms with Gasteiger partial charge in [0.1, 0.15) is 0 Å². The number of hydrogen-bond donors (Lipinski definition) is 1. The first kappa shape index (κ1) is 15.9. The van der Waals surface area contributed by atoms with Gasteiger partial charge in [-0.3, -0.25) is 0 Å². The number of nitrogens with one attached hydrogen (secondary N) is 1. The van der Waals surface area contributed by atoms with Crippen molar-refractivity contribution >= 4 is 0 Å². The fourth-order valence-electron chi connectivity index (χ4n) is 2.69. The second-order valence-electron chi connectivity index (χ2n) is 6.32. The highest BCUT2D eigenvalue weighted by atomic mass is 15.2. The van der Waals surface area contributed by atoms with Crippen LogP contribution in [0.15, 0.2) is 0 Å². The van der Waals surface area contributed by atoms with Crippen LogP contribution in [0.2, 0.25) is 0 Å². The zero-order chi connectivity index (χ0) is 13.4. The molecule has 0 aromatic heterocycles. The van der Waals surface area contributed by atoms with E-state index in [9.17, 15) is 0 Å². The van der Waals surface area contributed by atoms with E-state index in [0.29, 0.717) is 0 Å². The van der Waals surface area contributed by atoms with E-state index in [2.05, 4.69) is 43.1 Å². The standard InChI is InChI=1S/C15H33N3/c1-14(2)7-5-9-16-10-12-17(3)13-15-8-6-11-18(15)4/h14-16H,5-13H2,1-4H3. The average molecular weight is 255 g/mol. The molecule has 3 heteroatoms. The Morgan fingerprint density at radius 2 is 2.11 bits per heavy atom. The highest BCUT2D eigenvalue weighted by Crippen LogP contribution is 2.15. The topological polar surface area (TPSA) is 18.5 Å². The molecule has 0 spiro atoms. The third-order valence-corrected chi connectivity index (χ3v) is 4.00. The molecular weight excluding hydrogens is 222 g/mol. The number of likely N-dealkylation sites (tertiary alicyclic amines) is 1. The quantitative estimate of drug-likeness (QED) is 0.636. The average Bonchev–Trinajstić information content (AvgIpc) is 2.69. The number of nitrogens with zero attached hydrogens (tertiary/aromatic N) is 2. The fourth-order valence-corrected chi connectivity index (χ4v) is 2.69. The van der Waals surface area contributed by atoms with E-state index in [0.717, 1.165) is 18.5 Å². The van der Waals surface area contributed by atoms with Crippen LogP contribution in [0.5, 0.6) is 0 Å². The van der Waals surface area contributed by atoms with E-state index < -0.39 is 0 Å². The molecule has 0 aromatic carbocycles. The lowest BCUT2D eigenvalue weighted by Gasteiger charge is -2.25. The Balaban J connectivity index is 1.95. The monoisotopic (exact) mass is 255 g/mol. The van der Waals surface area contributed by atoms with Gasteiger partial charge in [0.2, 0.25) is 0 Å². The molecule has 3 nitrogen and oxygen atoms in total. The van der Waals surface area contributed by atoms with Crippen LogP contribution < -0.4 is 5.32 Å². The minimum absolute atomic E-state index is 0.788. The molecule has 1 rings (SSSR count). The Kier molecular flexibility index (Phi) is 7.87. The molecule has 0 aliphatic carbocycles. The van der Waals surface area contributed by atoms with Gasteiger partial charge in [-0.1, -0.05) is 13.8 Å². The third kappa shape index (κ3) is 6.72. The van der Waals surface area contributed by atoms with Crippen molar-refractivity contribution in [3.05, 3.63) is 0 Å². The molecular formula is C15H33N3. The summed E-state index contributed by atoms with van der Waals surface area (Å²) in [4.78, 5) is 4.98. The second-order valence-corrected chi connectivity index (χ2v) is 6.32. The summed E-state index contributed by atoms with van der Waals surface area (Å²) in [6.45, 7) is 10.6. The van der Waals surface area contributed by atoms with Gasteiger partial charge in [0.25, 0.3) is 0 Å². The maximum absolute atomic E-state index is 3.55. The van der Waals surface area contributed by atoms with Crippen molar-refractivity contribution in [1.29, 1.82) is 0 Å². The third-order valence-electron chi connectivity index (χ3n) is 4.00. The van der Waals surface area contributed by atoms with E-state index in [-0.39, 0.29) is 0 Å². The second kappa shape index (κ2) is 8.89. The van der Waals surface area contributed by atoms with Crippen molar-refractivity contribution in [2.24, 2.45) is 5.92 Å². The van der Waals surface area contributed by atoms with Crippen molar-refractivity contribution in [3.8, 4) is 0 Å². The Hall–Kier alpha value is -0.120. The van der Waals surface area contributed by atoms with Gasteiger partial charge in [-0.25, -0.2) is 0 Å². The smallest absolute Gasteiger partial charge is 0.0220 e. The highest BCUT2D eigenvalue weighted by molar-refractivity contribution is 4.78. The first-order valence-electron chi connectivity index (χ1n) is 7.69. The normalized spacial score (nSPS) is 21.3. The van der Waals surface area contributed by atoms with E-state index in [1.165, 1.54) is 51.9 Å². The summed E-state index contributed by atoms with van der Waals surface area (Å²) in [6.07, 6.45) is 5.41. The van der Waals surface area contributed by atoms with Crippen LogP contribution in [0.1, 0.15) is 39.5 Å². The summed E-state index contributed by atoms with van der Waals surface area (Å²) in [7, 11) is 4.51. The van der Waals surface area contributed by atoms with Gasteiger partial charge in [0, 0.05) is 25.7 Å². The summed E-state index contributed by atoms with van der Waals surface area (Å²) in [5, 5.41) is 3.55. The maximum Gasteiger partial charge on any atom is 0.0220 e. The lowest BCUT2D eigenvalue weighted by Crippen LogP contribution is -2.39. The first-order chi connectivity index (χ1) is 8.59. The molecule has 0 radical (unpaired) electrons. The van der Waals surface area contributed by atoms with Crippen LogP contribution in [0.4, 0.5) is 0 Å². The Morgan fingerprint density at radius 1 is 1.33 bits per heavy atom. The maximum atomic E-state index is 3.55. The van der Waals surface area contributed by atoms with Crippen LogP contribution >= 0.6 is 0 Å². The molecule has 1 heterocycles. The molecule has 1 aliphatic heterocycles. The van der Waals surface area contributed by atoms with Gasteiger partial charge in [0.15, 0.2) is 0 Å². The van der Waals surface area contributed by atoms with E-state index in [1.54, 1.807) is 0 Å². The van der Waals surface area contributed by atoms with Gasteiger partial charge < -0.3 is 15.1 Å². The summed E-state index contributed by atoms with van der Waals surface area (Å²) in [6, 6.07) is 0.788. The van der Waals surface area contributed by atoms with Gasteiger partial charge >= 0.3 is 0 Å².